The minimum atomic E-state index is 1.12. The average Bonchev–Trinajstić information content (AvgIpc) is 2.68. The van der Waals surface area contributed by atoms with E-state index in [1.165, 1.54) is 24.9 Å². The van der Waals surface area contributed by atoms with Gasteiger partial charge in [-0.3, -0.25) is 0 Å². The standard InChI is InChI=1S/C13H19N/c1-3-14(4-2)13-10-6-8-11-7-5-9-12(11)13/h6,8,10H,3-5,7,9H2,1-2H3. The smallest absolute Gasteiger partial charge is 0.0401 e. The monoisotopic (exact) mass is 189 g/mol. The van der Waals surface area contributed by atoms with Crippen LogP contribution in [0.1, 0.15) is 31.4 Å². The van der Waals surface area contributed by atoms with Gasteiger partial charge in [-0.25, -0.2) is 0 Å². The third-order valence-electron chi connectivity index (χ3n) is 3.23. The first-order valence-corrected chi connectivity index (χ1v) is 5.72. The molecule has 1 aliphatic rings. The third kappa shape index (κ3) is 1.52. The first-order chi connectivity index (χ1) is 6.86. The summed E-state index contributed by atoms with van der Waals surface area (Å²) in [7, 11) is 0. The van der Waals surface area contributed by atoms with E-state index in [0.29, 0.717) is 0 Å². The molecule has 0 saturated carbocycles. The SMILES string of the molecule is CCN(CC)c1cccc2c1CCC2. The van der Waals surface area contributed by atoms with Crippen molar-refractivity contribution in [2.24, 2.45) is 0 Å². The zero-order chi connectivity index (χ0) is 9.97. The fourth-order valence-electron chi connectivity index (χ4n) is 2.46. The molecule has 2 rings (SSSR count). The Hall–Kier alpha value is -0.980. The molecule has 0 unspecified atom stereocenters. The van der Waals surface area contributed by atoms with E-state index in [4.69, 9.17) is 0 Å². The quantitative estimate of drug-likeness (QED) is 0.706. The van der Waals surface area contributed by atoms with Crippen molar-refractivity contribution in [2.75, 3.05) is 18.0 Å². The van der Waals surface area contributed by atoms with E-state index in [1.807, 2.05) is 0 Å². The van der Waals surface area contributed by atoms with Gasteiger partial charge in [0.1, 0.15) is 0 Å². The van der Waals surface area contributed by atoms with Gasteiger partial charge in [-0.2, -0.15) is 0 Å². The lowest BCUT2D eigenvalue weighted by atomic mass is 10.1. The molecule has 76 valence electrons. The van der Waals surface area contributed by atoms with Gasteiger partial charge < -0.3 is 4.90 Å². The number of hydrogen-bond acceptors (Lipinski definition) is 1. The lowest BCUT2D eigenvalue weighted by Crippen LogP contribution is -2.23. The molecule has 0 atom stereocenters. The first kappa shape index (κ1) is 9.57. The predicted molar refractivity (Wildman–Crippen MR) is 62.0 cm³/mol. The number of anilines is 1. The van der Waals surface area contributed by atoms with E-state index in [1.54, 1.807) is 11.1 Å². The summed E-state index contributed by atoms with van der Waals surface area (Å²) in [5.74, 6) is 0. The molecule has 0 aliphatic heterocycles. The Morgan fingerprint density at radius 2 is 1.93 bits per heavy atom. The Morgan fingerprint density at radius 3 is 2.64 bits per heavy atom. The highest BCUT2D eigenvalue weighted by molar-refractivity contribution is 5.58. The summed E-state index contributed by atoms with van der Waals surface area (Å²) in [6.45, 7) is 6.70. The second-order valence-electron chi connectivity index (χ2n) is 3.94. The van der Waals surface area contributed by atoms with Crippen LogP contribution in [0.2, 0.25) is 0 Å². The van der Waals surface area contributed by atoms with Crippen LogP contribution in [-0.2, 0) is 12.8 Å². The second-order valence-corrected chi connectivity index (χ2v) is 3.94. The molecule has 0 amide bonds. The van der Waals surface area contributed by atoms with Crippen molar-refractivity contribution in [1.82, 2.24) is 0 Å². The van der Waals surface area contributed by atoms with E-state index in [2.05, 4.69) is 36.9 Å². The van der Waals surface area contributed by atoms with Gasteiger partial charge in [0.15, 0.2) is 0 Å². The zero-order valence-corrected chi connectivity index (χ0v) is 9.21. The predicted octanol–water partition coefficient (Wildman–Crippen LogP) is 3.02. The summed E-state index contributed by atoms with van der Waals surface area (Å²) in [5, 5.41) is 0. The summed E-state index contributed by atoms with van der Waals surface area (Å²) in [4.78, 5) is 2.46. The highest BCUT2D eigenvalue weighted by atomic mass is 15.1. The topological polar surface area (TPSA) is 3.24 Å². The summed E-state index contributed by atoms with van der Waals surface area (Å²) in [6.07, 6.45) is 3.90. The Labute approximate surface area is 86.7 Å². The molecule has 0 bridgehead atoms. The number of benzene rings is 1. The maximum absolute atomic E-state index is 2.46. The van der Waals surface area contributed by atoms with Crippen LogP contribution in [0, 0.1) is 0 Å². The van der Waals surface area contributed by atoms with Gasteiger partial charge in [0.05, 0.1) is 0 Å². The van der Waals surface area contributed by atoms with Gasteiger partial charge in [0.2, 0.25) is 0 Å². The highest BCUT2D eigenvalue weighted by Gasteiger charge is 2.16. The number of nitrogens with zero attached hydrogens (tertiary/aromatic N) is 1. The summed E-state index contributed by atoms with van der Waals surface area (Å²) >= 11 is 0. The Bertz CT molecular complexity index is 313. The van der Waals surface area contributed by atoms with Crippen LogP contribution < -0.4 is 4.90 Å². The van der Waals surface area contributed by atoms with Gasteiger partial charge >= 0.3 is 0 Å². The lowest BCUT2D eigenvalue weighted by Gasteiger charge is -2.23. The van der Waals surface area contributed by atoms with Crippen molar-refractivity contribution in [3.05, 3.63) is 29.3 Å². The molecule has 0 fully saturated rings. The van der Waals surface area contributed by atoms with Crippen molar-refractivity contribution in [3.63, 3.8) is 0 Å². The lowest BCUT2D eigenvalue weighted by molar-refractivity contribution is 0.852. The molecule has 1 aromatic carbocycles. The Kier molecular flexibility index (Phi) is 2.76. The highest BCUT2D eigenvalue weighted by Crippen LogP contribution is 2.30. The van der Waals surface area contributed by atoms with Crippen LogP contribution in [0.25, 0.3) is 0 Å². The Balaban J connectivity index is 2.38. The van der Waals surface area contributed by atoms with Crippen molar-refractivity contribution >= 4 is 5.69 Å². The molecule has 0 aromatic heterocycles. The van der Waals surface area contributed by atoms with Crippen LogP contribution in [-0.4, -0.2) is 13.1 Å². The maximum atomic E-state index is 2.46. The molecule has 1 aromatic rings. The molecule has 0 saturated heterocycles. The molecule has 1 aliphatic carbocycles. The van der Waals surface area contributed by atoms with Crippen LogP contribution in [0.15, 0.2) is 18.2 Å². The molecule has 0 spiro atoms. The minimum Gasteiger partial charge on any atom is -0.372 e. The normalized spacial score (nSPS) is 14.1. The molecule has 0 heterocycles. The van der Waals surface area contributed by atoms with Gasteiger partial charge in [0, 0.05) is 18.8 Å². The molecule has 0 N–H and O–H groups in total. The third-order valence-corrected chi connectivity index (χ3v) is 3.23. The number of fused-ring (bicyclic) bond motifs is 1. The van der Waals surface area contributed by atoms with Gasteiger partial charge in [-0.15, -0.1) is 0 Å². The van der Waals surface area contributed by atoms with Crippen molar-refractivity contribution in [1.29, 1.82) is 0 Å². The van der Waals surface area contributed by atoms with Crippen molar-refractivity contribution in [2.45, 2.75) is 33.1 Å². The molecule has 0 radical (unpaired) electrons. The fourth-order valence-corrected chi connectivity index (χ4v) is 2.46. The minimum absolute atomic E-state index is 1.12. The zero-order valence-electron chi connectivity index (χ0n) is 9.21. The molecule has 1 nitrogen and oxygen atoms in total. The van der Waals surface area contributed by atoms with Crippen LogP contribution in [0.4, 0.5) is 5.69 Å². The van der Waals surface area contributed by atoms with E-state index in [9.17, 15) is 0 Å². The van der Waals surface area contributed by atoms with Gasteiger partial charge in [0.25, 0.3) is 0 Å². The number of rotatable bonds is 3. The summed E-state index contributed by atoms with van der Waals surface area (Å²) in [6, 6.07) is 6.77. The summed E-state index contributed by atoms with van der Waals surface area (Å²) < 4.78 is 0. The number of aryl methyl sites for hydroxylation is 1. The van der Waals surface area contributed by atoms with E-state index in [-0.39, 0.29) is 0 Å². The van der Waals surface area contributed by atoms with Crippen molar-refractivity contribution in [3.8, 4) is 0 Å². The van der Waals surface area contributed by atoms with E-state index < -0.39 is 0 Å². The fraction of sp³-hybridized carbons (Fsp3) is 0.538. The maximum Gasteiger partial charge on any atom is 0.0401 e. The van der Waals surface area contributed by atoms with Crippen LogP contribution >= 0.6 is 0 Å². The van der Waals surface area contributed by atoms with Gasteiger partial charge in [-0.05, 0) is 50.3 Å². The number of hydrogen-bond donors (Lipinski definition) is 0. The van der Waals surface area contributed by atoms with Crippen LogP contribution in [0.5, 0.6) is 0 Å². The molecule has 14 heavy (non-hydrogen) atoms. The Morgan fingerprint density at radius 1 is 1.14 bits per heavy atom. The summed E-state index contributed by atoms with van der Waals surface area (Å²) in [5.41, 5.74) is 4.66. The van der Waals surface area contributed by atoms with E-state index in [0.717, 1.165) is 13.1 Å². The molecular formula is C13H19N. The van der Waals surface area contributed by atoms with Gasteiger partial charge in [-0.1, -0.05) is 12.1 Å². The molecular weight excluding hydrogens is 170 g/mol. The second kappa shape index (κ2) is 4.04. The average molecular weight is 189 g/mol. The van der Waals surface area contributed by atoms with Crippen molar-refractivity contribution < 1.29 is 0 Å². The molecule has 1 heteroatoms. The van der Waals surface area contributed by atoms with Crippen LogP contribution in [0.3, 0.4) is 0 Å². The largest absolute Gasteiger partial charge is 0.372 e. The van der Waals surface area contributed by atoms with E-state index >= 15 is 0 Å². The first-order valence-electron chi connectivity index (χ1n) is 5.72.